The van der Waals surface area contributed by atoms with Crippen molar-refractivity contribution in [3.8, 4) is 0 Å². The smallest absolute Gasteiger partial charge is 0.240 e. The van der Waals surface area contributed by atoms with Gasteiger partial charge < -0.3 is 10.6 Å². The number of aromatic nitrogens is 1. The van der Waals surface area contributed by atoms with Gasteiger partial charge in [-0.25, -0.2) is 4.98 Å². The zero-order valence-corrected chi connectivity index (χ0v) is 12.9. The van der Waals surface area contributed by atoms with Crippen LogP contribution < -0.4 is 10.6 Å². The summed E-state index contributed by atoms with van der Waals surface area (Å²) in [4.78, 5) is 18.9. The lowest BCUT2D eigenvalue weighted by Crippen LogP contribution is -2.41. The van der Waals surface area contributed by atoms with E-state index in [4.69, 9.17) is 0 Å². The van der Waals surface area contributed by atoms with E-state index in [9.17, 15) is 4.79 Å². The third kappa shape index (κ3) is 3.40. The van der Waals surface area contributed by atoms with E-state index in [1.165, 1.54) is 17.8 Å². The quantitative estimate of drug-likeness (QED) is 0.886. The van der Waals surface area contributed by atoms with Crippen LogP contribution in [0.1, 0.15) is 12.8 Å². The predicted molar refractivity (Wildman–Crippen MR) is 86.8 cm³/mol. The van der Waals surface area contributed by atoms with Crippen molar-refractivity contribution in [1.82, 2.24) is 15.2 Å². The molecule has 1 aliphatic heterocycles. The van der Waals surface area contributed by atoms with Crippen LogP contribution >= 0.6 is 11.3 Å². The lowest BCUT2D eigenvalue weighted by Gasteiger charge is -2.23. The molecule has 1 aromatic heterocycles. The minimum Gasteiger partial charge on any atom is -0.318 e. The molecule has 21 heavy (non-hydrogen) atoms. The van der Waals surface area contributed by atoms with Gasteiger partial charge in [0.15, 0.2) is 5.13 Å². The van der Waals surface area contributed by atoms with Gasteiger partial charge in [0, 0.05) is 12.6 Å². The molecule has 2 aromatic rings. The van der Waals surface area contributed by atoms with E-state index in [0.717, 1.165) is 29.7 Å². The third-order valence-electron chi connectivity index (χ3n) is 3.83. The minimum absolute atomic E-state index is 0.0251. The lowest BCUT2D eigenvalue weighted by atomic mass is 10.2. The van der Waals surface area contributed by atoms with Gasteiger partial charge in [0.2, 0.25) is 5.91 Å². The number of para-hydroxylation sites is 1. The van der Waals surface area contributed by atoms with Crippen LogP contribution in [0.15, 0.2) is 24.3 Å². The average Bonchev–Trinajstić information content (AvgIpc) is 3.05. The van der Waals surface area contributed by atoms with Crippen LogP contribution in [0.5, 0.6) is 0 Å². The molecule has 1 aromatic carbocycles. The number of carbonyl (C=O) groups excluding carboxylic acids is 1. The van der Waals surface area contributed by atoms with Crippen LogP contribution in [-0.4, -0.2) is 48.5 Å². The molecule has 0 radical (unpaired) electrons. The molecular weight excluding hydrogens is 284 g/mol. The van der Waals surface area contributed by atoms with Crippen molar-refractivity contribution in [3.63, 3.8) is 0 Å². The van der Waals surface area contributed by atoms with Crippen LogP contribution in [0.2, 0.25) is 0 Å². The molecule has 1 saturated heterocycles. The number of thiazole rings is 1. The Kier molecular flexibility index (Phi) is 4.48. The Hall–Kier alpha value is -1.50. The molecule has 2 heterocycles. The average molecular weight is 304 g/mol. The highest BCUT2D eigenvalue weighted by molar-refractivity contribution is 7.22. The lowest BCUT2D eigenvalue weighted by molar-refractivity contribution is -0.117. The van der Waals surface area contributed by atoms with Crippen molar-refractivity contribution in [2.24, 2.45) is 0 Å². The molecule has 0 bridgehead atoms. The number of carbonyl (C=O) groups is 1. The second-order valence-electron chi connectivity index (χ2n) is 5.36. The number of hydrogen-bond donors (Lipinski definition) is 2. The number of nitrogens with zero attached hydrogens (tertiary/aromatic N) is 2. The van der Waals surface area contributed by atoms with Gasteiger partial charge in [-0.05, 0) is 38.6 Å². The van der Waals surface area contributed by atoms with E-state index in [0.29, 0.717) is 17.7 Å². The fourth-order valence-electron chi connectivity index (χ4n) is 2.84. The van der Waals surface area contributed by atoms with Gasteiger partial charge in [0.25, 0.3) is 0 Å². The van der Waals surface area contributed by atoms with Crippen LogP contribution in [-0.2, 0) is 4.79 Å². The maximum absolute atomic E-state index is 12.2. The zero-order chi connectivity index (χ0) is 14.7. The number of nitrogens with one attached hydrogen (secondary N) is 2. The van der Waals surface area contributed by atoms with Gasteiger partial charge >= 0.3 is 0 Å². The molecule has 5 nitrogen and oxygen atoms in total. The Morgan fingerprint density at radius 2 is 2.33 bits per heavy atom. The first-order valence-corrected chi connectivity index (χ1v) is 8.12. The van der Waals surface area contributed by atoms with E-state index >= 15 is 0 Å². The summed E-state index contributed by atoms with van der Waals surface area (Å²) in [6.07, 6.45) is 2.33. The number of likely N-dealkylation sites (tertiary alicyclic amines) is 1. The first-order valence-electron chi connectivity index (χ1n) is 7.30. The van der Waals surface area contributed by atoms with Crippen molar-refractivity contribution < 1.29 is 4.79 Å². The van der Waals surface area contributed by atoms with E-state index in [-0.39, 0.29) is 5.91 Å². The molecule has 6 heteroatoms. The topological polar surface area (TPSA) is 57.3 Å². The summed E-state index contributed by atoms with van der Waals surface area (Å²) in [6, 6.07) is 8.40. The van der Waals surface area contributed by atoms with Crippen molar-refractivity contribution in [2.45, 2.75) is 18.9 Å². The first-order chi connectivity index (χ1) is 10.3. The number of benzene rings is 1. The fraction of sp³-hybridized carbons (Fsp3) is 0.467. The van der Waals surface area contributed by atoms with Crippen LogP contribution in [0.4, 0.5) is 5.13 Å². The van der Waals surface area contributed by atoms with Crippen LogP contribution in [0, 0.1) is 0 Å². The molecule has 1 amide bonds. The molecule has 1 unspecified atom stereocenters. The summed E-state index contributed by atoms with van der Waals surface area (Å²) >= 11 is 1.52. The minimum atomic E-state index is 0.0251. The summed E-state index contributed by atoms with van der Waals surface area (Å²) in [5.41, 5.74) is 0.937. The summed E-state index contributed by atoms with van der Waals surface area (Å²) in [7, 11) is 1.96. The van der Waals surface area contributed by atoms with Crippen molar-refractivity contribution in [3.05, 3.63) is 24.3 Å². The Morgan fingerprint density at radius 1 is 1.48 bits per heavy atom. The number of likely N-dealkylation sites (N-methyl/N-ethyl adjacent to an activating group) is 1. The maximum atomic E-state index is 12.2. The molecule has 1 fully saturated rings. The number of hydrogen-bond acceptors (Lipinski definition) is 5. The summed E-state index contributed by atoms with van der Waals surface area (Å²) in [5, 5.41) is 6.81. The molecule has 112 valence electrons. The van der Waals surface area contributed by atoms with Crippen LogP contribution in [0.25, 0.3) is 10.2 Å². The normalized spacial score (nSPS) is 19.2. The number of fused-ring (bicyclic) bond motifs is 1. The summed E-state index contributed by atoms with van der Waals surface area (Å²) < 4.78 is 1.10. The largest absolute Gasteiger partial charge is 0.318 e. The summed E-state index contributed by atoms with van der Waals surface area (Å²) in [5.74, 6) is 0.0251. The number of anilines is 1. The second kappa shape index (κ2) is 6.51. The Bertz CT molecular complexity index is 594. The monoisotopic (exact) mass is 304 g/mol. The van der Waals surface area contributed by atoms with E-state index in [1.807, 2.05) is 31.3 Å². The second-order valence-corrected chi connectivity index (χ2v) is 6.39. The standard InChI is InChI=1S/C15H20N4OS/c1-16-9-11-5-4-8-19(11)10-14(20)18-15-17-12-6-2-3-7-13(12)21-15/h2-3,6-7,11,16H,4-5,8-10H2,1H3,(H,17,18,20). The molecule has 0 saturated carbocycles. The molecule has 1 aliphatic rings. The van der Waals surface area contributed by atoms with E-state index in [1.54, 1.807) is 0 Å². The maximum Gasteiger partial charge on any atom is 0.240 e. The Balaban J connectivity index is 1.61. The van der Waals surface area contributed by atoms with Gasteiger partial charge in [-0.3, -0.25) is 9.69 Å². The zero-order valence-electron chi connectivity index (χ0n) is 12.1. The highest BCUT2D eigenvalue weighted by atomic mass is 32.1. The highest BCUT2D eigenvalue weighted by Gasteiger charge is 2.25. The van der Waals surface area contributed by atoms with Crippen LogP contribution in [0.3, 0.4) is 0 Å². The fourth-order valence-corrected chi connectivity index (χ4v) is 3.72. The first kappa shape index (κ1) is 14.4. The highest BCUT2D eigenvalue weighted by Crippen LogP contribution is 2.25. The van der Waals surface area contributed by atoms with E-state index < -0.39 is 0 Å². The van der Waals surface area contributed by atoms with Gasteiger partial charge in [-0.15, -0.1) is 0 Å². The summed E-state index contributed by atoms with van der Waals surface area (Å²) in [6.45, 7) is 2.39. The molecule has 2 N–H and O–H groups in total. The Labute approximate surface area is 128 Å². The van der Waals surface area contributed by atoms with Gasteiger partial charge in [0.1, 0.15) is 0 Å². The Morgan fingerprint density at radius 3 is 3.14 bits per heavy atom. The molecule has 0 aliphatic carbocycles. The number of amides is 1. The van der Waals surface area contributed by atoms with Crippen molar-refractivity contribution in [1.29, 1.82) is 0 Å². The SMILES string of the molecule is CNCC1CCCN1CC(=O)Nc1nc2ccccc2s1. The number of rotatable bonds is 5. The van der Waals surface area contributed by atoms with Crippen molar-refractivity contribution in [2.75, 3.05) is 32.0 Å². The molecule has 3 rings (SSSR count). The van der Waals surface area contributed by atoms with Crippen molar-refractivity contribution >= 4 is 32.6 Å². The van der Waals surface area contributed by atoms with Gasteiger partial charge in [0.05, 0.1) is 16.8 Å². The van der Waals surface area contributed by atoms with Gasteiger partial charge in [-0.1, -0.05) is 23.5 Å². The molecule has 0 spiro atoms. The van der Waals surface area contributed by atoms with Gasteiger partial charge in [-0.2, -0.15) is 0 Å². The molecule has 1 atom stereocenters. The third-order valence-corrected chi connectivity index (χ3v) is 4.78. The van der Waals surface area contributed by atoms with E-state index in [2.05, 4.69) is 20.5 Å². The molecular formula is C15H20N4OS. The predicted octanol–water partition coefficient (Wildman–Crippen LogP) is 1.92.